The summed E-state index contributed by atoms with van der Waals surface area (Å²) in [7, 11) is -9.90. The number of carbonyl (C=O) groups is 4. The maximum absolute atomic E-state index is 13.0. The van der Waals surface area contributed by atoms with Gasteiger partial charge in [-0.2, -0.15) is 0 Å². The molecule has 3 unspecified atom stereocenters. The van der Waals surface area contributed by atoms with Crippen LogP contribution < -0.4 is 0 Å². The molecule has 0 aromatic rings. The van der Waals surface area contributed by atoms with Crippen LogP contribution in [0.1, 0.15) is 357 Å². The van der Waals surface area contributed by atoms with Crippen LogP contribution in [-0.2, 0) is 65.4 Å². The molecule has 0 heterocycles. The number of rotatable bonds is 69. The van der Waals surface area contributed by atoms with Crippen molar-refractivity contribution < 1.29 is 80.2 Å². The Hall–Kier alpha value is -1.94. The zero-order chi connectivity index (χ0) is 67.5. The molecule has 0 aliphatic heterocycles. The Balaban J connectivity index is 5.21. The van der Waals surface area contributed by atoms with Gasteiger partial charge in [-0.05, 0) is 49.4 Å². The van der Waals surface area contributed by atoms with Crippen molar-refractivity contribution in [1.82, 2.24) is 0 Å². The van der Waals surface area contributed by atoms with E-state index in [2.05, 4.69) is 55.4 Å². The topological polar surface area (TPSA) is 237 Å². The molecule has 0 aromatic heterocycles. The number of phosphoric ester groups is 2. The van der Waals surface area contributed by atoms with Crippen LogP contribution >= 0.6 is 15.6 Å². The van der Waals surface area contributed by atoms with Gasteiger partial charge in [0, 0.05) is 25.7 Å². The number of carbonyl (C=O) groups excluding carboxylic acids is 4. The quantitative estimate of drug-likeness (QED) is 0.0222. The third-order valence-corrected chi connectivity index (χ3v) is 18.8. The van der Waals surface area contributed by atoms with Crippen molar-refractivity contribution in [2.75, 3.05) is 39.6 Å². The largest absolute Gasteiger partial charge is 0.472 e. The highest BCUT2D eigenvalue weighted by Crippen LogP contribution is 2.45. The molecule has 0 bridgehead atoms. The van der Waals surface area contributed by atoms with Crippen molar-refractivity contribution in [1.29, 1.82) is 0 Å². The summed E-state index contributed by atoms with van der Waals surface area (Å²) in [6.45, 7) is 14.1. The normalized spacial score (nSPS) is 14.5. The Morgan fingerprint density at radius 3 is 0.780 bits per heavy atom. The average molecular weight is 1340 g/mol. The number of esters is 4. The molecule has 17 nitrogen and oxygen atoms in total. The highest BCUT2D eigenvalue weighted by Gasteiger charge is 2.30. The summed E-state index contributed by atoms with van der Waals surface area (Å²) in [4.78, 5) is 72.6. The Labute approximate surface area is 556 Å². The lowest BCUT2D eigenvalue weighted by atomic mass is 10.00. The molecule has 91 heavy (non-hydrogen) atoms. The first-order valence-corrected chi connectivity index (χ1v) is 40.2. The first-order valence-electron chi connectivity index (χ1n) is 37.2. The lowest BCUT2D eigenvalue weighted by Crippen LogP contribution is -2.30. The summed E-state index contributed by atoms with van der Waals surface area (Å²) in [6.07, 6.45) is 44.6. The van der Waals surface area contributed by atoms with Crippen LogP contribution in [0.4, 0.5) is 0 Å². The van der Waals surface area contributed by atoms with Crippen LogP contribution in [0.3, 0.4) is 0 Å². The number of hydrogen-bond donors (Lipinski definition) is 3. The molecule has 0 radical (unpaired) electrons. The number of ether oxygens (including phenoxy) is 4. The van der Waals surface area contributed by atoms with Gasteiger partial charge < -0.3 is 33.8 Å². The minimum atomic E-state index is -4.95. The van der Waals surface area contributed by atoms with E-state index in [1.807, 2.05) is 0 Å². The Morgan fingerprint density at radius 2 is 0.527 bits per heavy atom. The molecule has 19 heteroatoms. The van der Waals surface area contributed by atoms with E-state index in [0.717, 1.165) is 120 Å². The van der Waals surface area contributed by atoms with E-state index in [4.69, 9.17) is 37.0 Å². The van der Waals surface area contributed by atoms with Gasteiger partial charge >= 0.3 is 39.5 Å². The van der Waals surface area contributed by atoms with E-state index in [0.29, 0.717) is 31.6 Å². The van der Waals surface area contributed by atoms with Crippen molar-refractivity contribution in [2.45, 2.75) is 375 Å². The lowest BCUT2D eigenvalue weighted by molar-refractivity contribution is -0.161. The molecule has 0 aliphatic carbocycles. The molecule has 6 atom stereocenters. The van der Waals surface area contributed by atoms with E-state index in [-0.39, 0.29) is 25.7 Å². The van der Waals surface area contributed by atoms with Gasteiger partial charge in [-0.25, -0.2) is 9.13 Å². The van der Waals surface area contributed by atoms with E-state index >= 15 is 0 Å². The standard InChI is InChI=1S/C72H140O17P2/c1-9-65(8)51-43-35-29-31-37-45-53-70(75)83-59-68(89-72(77)55-47-39-27-23-19-15-17-21-25-33-41-49-63(4)5)61-87-91(80,81)85-57-66(73)56-84-90(78,79)86-60-67(58-82-69(74)52-44-36-30-28-34-42-50-64(6)7)88-71(76)54-46-38-26-22-18-14-12-10-11-13-16-20-24-32-40-48-62(2)3/h62-68,73H,9-61H2,1-8H3,(H,78,79)(H,80,81)/t65?,66-,67-,68-/m1/s1. The minimum Gasteiger partial charge on any atom is -0.462 e. The van der Waals surface area contributed by atoms with Gasteiger partial charge in [0.1, 0.15) is 19.3 Å². The maximum Gasteiger partial charge on any atom is 0.472 e. The number of hydrogen-bond acceptors (Lipinski definition) is 15. The molecule has 0 aliphatic rings. The number of unbranched alkanes of at least 4 members (excludes halogenated alkanes) is 34. The highest BCUT2D eigenvalue weighted by atomic mass is 31.2. The Kier molecular flexibility index (Phi) is 60.3. The highest BCUT2D eigenvalue weighted by molar-refractivity contribution is 7.47. The molecular weight excluding hydrogens is 1200 g/mol. The number of aliphatic hydroxyl groups excluding tert-OH is 1. The molecule has 0 saturated carbocycles. The summed E-state index contributed by atoms with van der Waals surface area (Å²) in [5.74, 6) is 0.849. The van der Waals surface area contributed by atoms with Crippen molar-refractivity contribution in [3.05, 3.63) is 0 Å². The molecule has 0 rings (SSSR count). The smallest absolute Gasteiger partial charge is 0.462 e. The molecule has 0 spiro atoms. The van der Waals surface area contributed by atoms with Gasteiger partial charge in [0.2, 0.25) is 0 Å². The zero-order valence-corrected chi connectivity index (χ0v) is 61.3. The Morgan fingerprint density at radius 1 is 0.308 bits per heavy atom. The molecule has 540 valence electrons. The molecule has 0 saturated heterocycles. The van der Waals surface area contributed by atoms with Gasteiger partial charge in [-0.1, -0.05) is 306 Å². The molecule has 0 aromatic carbocycles. The second kappa shape index (κ2) is 61.6. The second-order valence-electron chi connectivity index (χ2n) is 27.6. The first kappa shape index (κ1) is 89.1. The van der Waals surface area contributed by atoms with E-state index in [9.17, 15) is 43.2 Å². The third kappa shape index (κ3) is 65.1. The zero-order valence-electron chi connectivity index (χ0n) is 59.5. The van der Waals surface area contributed by atoms with Crippen LogP contribution in [0.2, 0.25) is 0 Å². The number of phosphoric acid groups is 2. The summed E-state index contributed by atoms with van der Waals surface area (Å²) in [5.41, 5.74) is 0. The molecule has 0 fully saturated rings. The van der Waals surface area contributed by atoms with E-state index in [1.54, 1.807) is 0 Å². The Bertz CT molecular complexity index is 1800. The lowest BCUT2D eigenvalue weighted by Gasteiger charge is -2.21. The SMILES string of the molecule is CCC(C)CCCCCCCCC(=O)OC[C@H](COP(=O)(O)OC[C@H](O)COP(=O)(O)OC[C@@H](COC(=O)CCCCCCCCC(C)C)OC(=O)CCCCCCCCCCCCCCCCCC(C)C)OC(=O)CCCCCCCCCCCCCC(C)C. The fourth-order valence-electron chi connectivity index (χ4n) is 10.8. The number of aliphatic hydroxyl groups is 1. The minimum absolute atomic E-state index is 0.105. The monoisotopic (exact) mass is 1340 g/mol. The predicted octanol–water partition coefficient (Wildman–Crippen LogP) is 20.5. The summed E-state index contributed by atoms with van der Waals surface area (Å²) < 4.78 is 68.3. The van der Waals surface area contributed by atoms with Gasteiger partial charge in [0.25, 0.3) is 0 Å². The molecular formula is C72H140O17P2. The second-order valence-corrected chi connectivity index (χ2v) is 30.6. The third-order valence-electron chi connectivity index (χ3n) is 16.9. The van der Waals surface area contributed by atoms with Gasteiger partial charge in [-0.15, -0.1) is 0 Å². The molecule has 3 N–H and O–H groups in total. The summed E-state index contributed by atoms with van der Waals surface area (Å²) >= 11 is 0. The van der Waals surface area contributed by atoms with Crippen LogP contribution in [0.25, 0.3) is 0 Å². The van der Waals surface area contributed by atoms with Crippen LogP contribution in [-0.4, -0.2) is 96.7 Å². The van der Waals surface area contributed by atoms with Gasteiger partial charge in [0.05, 0.1) is 26.4 Å². The van der Waals surface area contributed by atoms with Crippen molar-refractivity contribution >= 4 is 39.5 Å². The van der Waals surface area contributed by atoms with Crippen molar-refractivity contribution in [3.63, 3.8) is 0 Å². The van der Waals surface area contributed by atoms with Crippen molar-refractivity contribution in [2.24, 2.45) is 23.7 Å². The fraction of sp³-hybridized carbons (Fsp3) is 0.944. The van der Waals surface area contributed by atoms with Crippen LogP contribution in [0.5, 0.6) is 0 Å². The molecule has 0 amide bonds. The van der Waals surface area contributed by atoms with E-state index < -0.39 is 97.5 Å². The average Bonchev–Trinajstić information content (AvgIpc) is 3.46. The van der Waals surface area contributed by atoms with Crippen LogP contribution in [0, 0.1) is 23.7 Å². The van der Waals surface area contributed by atoms with Gasteiger partial charge in [-0.3, -0.25) is 37.3 Å². The summed E-state index contributed by atoms with van der Waals surface area (Å²) in [6, 6.07) is 0. The fourth-order valence-corrected chi connectivity index (χ4v) is 12.4. The summed E-state index contributed by atoms with van der Waals surface area (Å²) in [5, 5.41) is 10.6. The maximum atomic E-state index is 13.0. The van der Waals surface area contributed by atoms with E-state index in [1.165, 1.54) is 148 Å². The first-order chi connectivity index (χ1) is 43.6. The van der Waals surface area contributed by atoms with Gasteiger partial charge in [0.15, 0.2) is 12.2 Å². The predicted molar refractivity (Wildman–Crippen MR) is 367 cm³/mol. The van der Waals surface area contributed by atoms with Crippen LogP contribution in [0.15, 0.2) is 0 Å². The van der Waals surface area contributed by atoms with Crippen molar-refractivity contribution in [3.8, 4) is 0 Å².